The second kappa shape index (κ2) is 6.60. The molecule has 136 valence electrons. The lowest BCUT2D eigenvalue weighted by atomic mass is 10.1. The molecule has 1 unspecified atom stereocenters. The Kier molecular flexibility index (Phi) is 4.80. The van der Waals surface area contributed by atoms with Crippen molar-refractivity contribution in [1.29, 1.82) is 0 Å². The SMILES string of the molecule is CC(C)(C)OC(=O)N1CCCC(n2c(=O)[nH]c3c(Br)csc3c2=O)C1. The van der Waals surface area contributed by atoms with Gasteiger partial charge in [-0.1, -0.05) is 0 Å². The predicted octanol–water partition coefficient (Wildman–Crippen LogP) is 3.09. The van der Waals surface area contributed by atoms with Crippen molar-refractivity contribution in [2.24, 2.45) is 0 Å². The Balaban J connectivity index is 1.92. The number of carbonyl (C=O) groups is 1. The number of amides is 1. The van der Waals surface area contributed by atoms with Crippen LogP contribution in [0.2, 0.25) is 0 Å². The van der Waals surface area contributed by atoms with Crippen LogP contribution < -0.4 is 11.2 Å². The molecule has 0 aliphatic carbocycles. The van der Waals surface area contributed by atoms with Crippen molar-refractivity contribution >= 4 is 43.6 Å². The Morgan fingerprint density at radius 1 is 1.40 bits per heavy atom. The molecule has 1 saturated heterocycles. The van der Waals surface area contributed by atoms with Crippen LogP contribution in [0.1, 0.15) is 39.7 Å². The lowest BCUT2D eigenvalue weighted by molar-refractivity contribution is 0.0169. The number of halogens is 1. The van der Waals surface area contributed by atoms with E-state index in [0.717, 1.165) is 0 Å². The Hall–Kier alpha value is -1.61. The highest BCUT2D eigenvalue weighted by Gasteiger charge is 2.30. The van der Waals surface area contributed by atoms with E-state index >= 15 is 0 Å². The minimum Gasteiger partial charge on any atom is -0.444 e. The van der Waals surface area contributed by atoms with Gasteiger partial charge in [0.05, 0.1) is 16.0 Å². The number of hydrogen-bond donors (Lipinski definition) is 1. The number of thiophene rings is 1. The van der Waals surface area contributed by atoms with Gasteiger partial charge in [0, 0.05) is 18.5 Å². The van der Waals surface area contributed by atoms with Gasteiger partial charge in [0.2, 0.25) is 0 Å². The molecular formula is C16H20BrN3O4S. The lowest BCUT2D eigenvalue weighted by Gasteiger charge is -2.34. The van der Waals surface area contributed by atoms with Crippen LogP contribution >= 0.6 is 27.3 Å². The topological polar surface area (TPSA) is 84.4 Å². The van der Waals surface area contributed by atoms with E-state index in [-0.39, 0.29) is 18.1 Å². The first-order valence-corrected chi connectivity index (χ1v) is 9.74. The van der Waals surface area contributed by atoms with E-state index < -0.39 is 17.4 Å². The number of aromatic amines is 1. The molecule has 25 heavy (non-hydrogen) atoms. The molecule has 1 N–H and O–H groups in total. The van der Waals surface area contributed by atoms with E-state index in [9.17, 15) is 14.4 Å². The molecule has 7 nitrogen and oxygen atoms in total. The largest absolute Gasteiger partial charge is 0.444 e. The van der Waals surface area contributed by atoms with Crippen molar-refractivity contribution in [3.05, 3.63) is 30.7 Å². The molecule has 0 bridgehead atoms. The van der Waals surface area contributed by atoms with Gasteiger partial charge >= 0.3 is 11.8 Å². The van der Waals surface area contributed by atoms with Crippen LogP contribution in [0.25, 0.3) is 10.2 Å². The maximum absolute atomic E-state index is 12.8. The third-order valence-corrected chi connectivity index (χ3v) is 5.92. The van der Waals surface area contributed by atoms with Crippen molar-refractivity contribution in [1.82, 2.24) is 14.5 Å². The highest BCUT2D eigenvalue weighted by Crippen LogP contribution is 2.26. The van der Waals surface area contributed by atoms with E-state index in [1.54, 1.807) is 10.3 Å². The molecular weight excluding hydrogens is 410 g/mol. The van der Waals surface area contributed by atoms with Crippen LogP contribution in [-0.4, -0.2) is 39.2 Å². The van der Waals surface area contributed by atoms with Gasteiger partial charge in [-0.25, -0.2) is 9.59 Å². The van der Waals surface area contributed by atoms with Crippen molar-refractivity contribution in [2.75, 3.05) is 13.1 Å². The fourth-order valence-electron chi connectivity index (χ4n) is 2.97. The van der Waals surface area contributed by atoms with E-state index in [1.807, 2.05) is 20.8 Å². The van der Waals surface area contributed by atoms with Gasteiger partial charge in [-0.3, -0.25) is 9.36 Å². The number of nitrogens with one attached hydrogen (secondary N) is 1. The molecule has 3 rings (SSSR count). The average Bonchev–Trinajstić information content (AvgIpc) is 2.87. The molecule has 0 aromatic carbocycles. The lowest BCUT2D eigenvalue weighted by Crippen LogP contribution is -2.48. The molecule has 3 heterocycles. The van der Waals surface area contributed by atoms with Crippen LogP contribution in [0.15, 0.2) is 19.4 Å². The van der Waals surface area contributed by atoms with E-state index in [2.05, 4.69) is 20.9 Å². The minimum absolute atomic E-state index is 0.288. The van der Waals surface area contributed by atoms with E-state index in [4.69, 9.17) is 4.74 Å². The zero-order valence-electron chi connectivity index (χ0n) is 14.3. The fourth-order valence-corrected chi connectivity index (χ4v) is 4.50. The van der Waals surface area contributed by atoms with Gasteiger partial charge in [-0.05, 0) is 49.5 Å². The summed E-state index contributed by atoms with van der Waals surface area (Å²) < 4.78 is 7.85. The monoisotopic (exact) mass is 429 g/mol. The number of aromatic nitrogens is 2. The molecule has 0 saturated carbocycles. The molecule has 2 aromatic rings. The normalized spacial score (nSPS) is 18.6. The summed E-state index contributed by atoms with van der Waals surface area (Å²) in [5, 5.41) is 1.78. The Morgan fingerprint density at radius 3 is 2.80 bits per heavy atom. The second-order valence-corrected chi connectivity index (χ2v) is 8.85. The van der Waals surface area contributed by atoms with Crippen molar-refractivity contribution in [2.45, 2.75) is 45.3 Å². The number of ether oxygens (including phenoxy) is 1. The number of rotatable bonds is 1. The molecule has 1 aliphatic rings. The summed E-state index contributed by atoms with van der Waals surface area (Å²) in [6.07, 6.45) is 0.962. The molecule has 2 aromatic heterocycles. The summed E-state index contributed by atoms with van der Waals surface area (Å²) in [5.74, 6) is 0. The Morgan fingerprint density at radius 2 is 2.12 bits per heavy atom. The van der Waals surface area contributed by atoms with Gasteiger partial charge in [-0.2, -0.15) is 0 Å². The van der Waals surface area contributed by atoms with Crippen molar-refractivity contribution < 1.29 is 9.53 Å². The van der Waals surface area contributed by atoms with Gasteiger partial charge in [0.1, 0.15) is 10.3 Å². The van der Waals surface area contributed by atoms with Gasteiger partial charge in [-0.15, -0.1) is 11.3 Å². The van der Waals surface area contributed by atoms with E-state index in [1.165, 1.54) is 15.9 Å². The first-order valence-electron chi connectivity index (χ1n) is 8.07. The first-order chi connectivity index (χ1) is 11.7. The number of likely N-dealkylation sites (tertiary alicyclic amines) is 1. The summed E-state index contributed by atoms with van der Waals surface area (Å²) in [7, 11) is 0. The van der Waals surface area contributed by atoms with Crippen molar-refractivity contribution in [3.8, 4) is 0 Å². The quantitative estimate of drug-likeness (QED) is 0.754. The summed E-state index contributed by atoms with van der Waals surface area (Å²) in [5.41, 5.74) is -0.824. The first kappa shape index (κ1) is 18.2. The third-order valence-electron chi connectivity index (χ3n) is 4.02. The highest BCUT2D eigenvalue weighted by molar-refractivity contribution is 9.10. The van der Waals surface area contributed by atoms with Crippen LogP contribution in [0.5, 0.6) is 0 Å². The summed E-state index contributed by atoms with van der Waals surface area (Å²) in [4.78, 5) is 41.9. The zero-order valence-corrected chi connectivity index (χ0v) is 16.7. The van der Waals surface area contributed by atoms with Crippen LogP contribution in [0.4, 0.5) is 4.79 Å². The number of carbonyl (C=O) groups excluding carboxylic acids is 1. The average molecular weight is 430 g/mol. The molecule has 1 fully saturated rings. The second-order valence-electron chi connectivity index (χ2n) is 7.12. The molecule has 1 aliphatic heterocycles. The molecule has 9 heteroatoms. The van der Waals surface area contributed by atoms with Gasteiger partial charge in [0.25, 0.3) is 5.56 Å². The van der Waals surface area contributed by atoms with Gasteiger partial charge in [0.15, 0.2) is 0 Å². The molecule has 1 atom stereocenters. The summed E-state index contributed by atoms with van der Waals surface area (Å²) in [6.45, 7) is 6.28. The number of hydrogen-bond acceptors (Lipinski definition) is 5. The number of fused-ring (bicyclic) bond motifs is 1. The summed E-state index contributed by atoms with van der Waals surface area (Å²) in [6, 6.07) is -0.359. The predicted molar refractivity (Wildman–Crippen MR) is 100 cm³/mol. The number of H-pyrrole nitrogens is 1. The zero-order chi connectivity index (χ0) is 18.4. The van der Waals surface area contributed by atoms with E-state index in [0.29, 0.717) is 34.1 Å². The maximum Gasteiger partial charge on any atom is 0.410 e. The molecule has 0 spiro atoms. The fraction of sp³-hybridized carbons (Fsp3) is 0.562. The Labute approximate surface area is 156 Å². The smallest absolute Gasteiger partial charge is 0.410 e. The maximum atomic E-state index is 12.8. The standard InChI is InChI=1S/C16H20BrN3O4S/c1-16(2,3)24-15(23)19-6-4-5-9(7-19)20-13(21)12-11(18-14(20)22)10(17)8-25-12/h8-9H,4-7H2,1-3H3,(H,18,22). The number of nitrogens with zero attached hydrogens (tertiary/aromatic N) is 2. The van der Waals surface area contributed by atoms with Crippen LogP contribution in [0, 0.1) is 0 Å². The number of piperidine rings is 1. The Bertz CT molecular complexity index is 924. The molecule has 1 amide bonds. The molecule has 0 radical (unpaired) electrons. The minimum atomic E-state index is -0.583. The summed E-state index contributed by atoms with van der Waals surface area (Å²) >= 11 is 4.62. The van der Waals surface area contributed by atoms with Crippen LogP contribution in [0.3, 0.4) is 0 Å². The van der Waals surface area contributed by atoms with Gasteiger partial charge < -0.3 is 14.6 Å². The van der Waals surface area contributed by atoms with Crippen molar-refractivity contribution in [3.63, 3.8) is 0 Å². The highest BCUT2D eigenvalue weighted by atomic mass is 79.9. The third kappa shape index (κ3) is 3.67. The van der Waals surface area contributed by atoms with Crippen LogP contribution in [-0.2, 0) is 4.74 Å².